The molecule has 0 amide bonds. The molecule has 236 valence electrons. The molecule has 0 spiro atoms. The van der Waals surface area contributed by atoms with E-state index in [9.17, 15) is 0 Å². The SMILES string of the molecule is CC1(C)c2ccccc2-c2cc(-c3cccc4c3CCCC4)c(N(c3ccc(-c4ccccc4)cc3)c3cccc4c3CCCC4)cc21. The number of fused-ring (bicyclic) bond motifs is 5. The van der Waals surface area contributed by atoms with Gasteiger partial charge in [-0.25, -0.2) is 0 Å². The van der Waals surface area contributed by atoms with Crippen molar-refractivity contribution in [1.29, 1.82) is 0 Å². The van der Waals surface area contributed by atoms with Gasteiger partial charge in [-0.1, -0.05) is 111 Å². The molecule has 6 aromatic rings. The van der Waals surface area contributed by atoms with Crippen molar-refractivity contribution >= 4 is 17.1 Å². The van der Waals surface area contributed by atoms with Gasteiger partial charge in [-0.15, -0.1) is 0 Å². The van der Waals surface area contributed by atoms with E-state index in [1.807, 2.05) is 0 Å². The number of hydrogen-bond acceptors (Lipinski definition) is 1. The molecule has 48 heavy (non-hydrogen) atoms. The van der Waals surface area contributed by atoms with Crippen molar-refractivity contribution in [3.63, 3.8) is 0 Å². The quantitative estimate of drug-likeness (QED) is 0.185. The normalized spacial score (nSPS) is 15.6. The van der Waals surface area contributed by atoms with Crippen LogP contribution in [0.2, 0.25) is 0 Å². The molecule has 0 fully saturated rings. The maximum Gasteiger partial charge on any atom is 0.0543 e. The molecule has 0 saturated heterocycles. The van der Waals surface area contributed by atoms with E-state index in [4.69, 9.17) is 0 Å². The first-order chi connectivity index (χ1) is 23.6. The largest absolute Gasteiger partial charge is 0.310 e. The Hall–Kier alpha value is -4.88. The fourth-order valence-electron chi connectivity index (χ4n) is 8.98. The van der Waals surface area contributed by atoms with Gasteiger partial charge in [0.1, 0.15) is 0 Å². The average molecular weight is 622 g/mol. The summed E-state index contributed by atoms with van der Waals surface area (Å²) in [5.74, 6) is 0. The monoisotopic (exact) mass is 621 g/mol. The third-order valence-corrected chi connectivity index (χ3v) is 11.5. The molecule has 9 rings (SSSR count). The van der Waals surface area contributed by atoms with Crippen LogP contribution in [-0.2, 0) is 31.1 Å². The lowest BCUT2D eigenvalue weighted by atomic mass is 9.80. The van der Waals surface area contributed by atoms with E-state index in [1.54, 1.807) is 5.56 Å². The number of aryl methyl sites for hydroxylation is 2. The molecule has 0 heterocycles. The van der Waals surface area contributed by atoms with Gasteiger partial charge in [0.05, 0.1) is 5.69 Å². The van der Waals surface area contributed by atoms with E-state index in [2.05, 4.69) is 146 Å². The first kappa shape index (κ1) is 29.3. The molecule has 1 heteroatoms. The van der Waals surface area contributed by atoms with Crippen molar-refractivity contribution in [2.75, 3.05) is 4.90 Å². The van der Waals surface area contributed by atoms with Crippen molar-refractivity contribution in [2.45, 2.75) is 70.6 Å². The molecular weight excluding hydrogens is 579 g/mol. The van der Waals surface area contributed by atoms with Crippen molar-refractivity contribution in [3.8, 4) is 33.4 Å². The smallest absolute Gasteiger partial charge is 0.0543 e. The lowest BCUT2D eigenvalue weighted by Gasteiger charge is -2.34. The van der Waals surface area contributed by atoms with Crippen LogP contribution in [0.4, 0.5) is 17.1 Å². The van der Waals surface area contributed by atoms with Crippen LogP contribution in [0.15, 0.2) is 127 Å². The van der Waals surface area contributed by atoms with Gasteiger partial charge >= 0.3 is 0 Å². The molecule has 3 aliphatic rings. The predicted octanol–water partition coefficient (Wildman–Crippen LogP) is 12.6. The average Bonchev–Trinajstić information content (AvgIpc) is 3.37. The molecule has 6 aromatic carbocycles. The molecule has 0 unspecified atom stereocenters. The lowest BCUT2D eigenvalue weighted by molar-refractivity contribution is 0.660. The molecule has 3 aliphatic carbocycles. The second kappa shape index (κ2) is 11.7. The highest BCUT2D eigenvalue weighted by atomic mass is 15.1. The van der Waals surface area contributed by atoms with Gasteiger partial charge in [-0.2, -0.15) is 0 Å². The second-order valence-corrected chi connectivity index (χ2v) is 14.6. The maximum atomic E-state index is 2.62. The van der Waals surface area contributed by atoms with E-state index in [1.165, 1.54) is 110 Å². The highest BCUT2D eigenvalue weighted by Crippen LogP contribution is 2.54. The number of hydrogen-bond donors (Lipinski definition) is 0. The summed E-state index contributed by atoms with van der Waals surface area (Å²) in [5, 5.41) is 0. The van der Waals surface area contributed by atoms with Crippen LogP contribution in [0.25, 0.3) is 33.4 Å². The summed E-state index contributed by atoms with van der Waals surface area (Å²) < 4.78 is 0. The Morgan fingerprint density at radius 3 is 1.85 bits per heavy atom. The predicted molar refractivity (Wildman–Crippen MR) is 203 cm³/mol. The highest BCUT2D eigenvalue weighted by molar-refractivity contribution is 5.96. The molecule has 0 bridgehead atoms. The number of benzene rings is 6. The summed E-state index contributed by atoms with van der Waals surface area (Å²) in [4.78, 5) is 2.62. The Morgan fingerprint density at radius 2 is 1.06 bits per heavy atom. The van der Waals surface area contributed by atoms with E-state index < -0.39 is 0 Å². The summed E-state index contributed by atoms with van der Waals surface area (Å²) in [7, 11) is 0. The topological polar surface area (TPSA) is 3.24 Å². The zero-order valence-electron chi connectivity index (χ0n) is 28.2. The zero-order chi connectivity index (χ0) is 32.2. The maximum absolute atomic E-state index is 2.62. The summed E-state index contributed by atoms with van der Waals surface area (Å²) in [6.45, 7) is 4.82. The van der Waals surface area contributed by atoms with Crippen LogP contribution in [0, 0.1) is 0 Å². The van der Waals surface area contributed by atoms with Gasteiger partial charge in [0.15, 0.2) is 0 Å². The Morgan fingerprint density at radius 1 is 0.438 bits per heavy atom. The molecule has 0 radical (unpaired) electrons. The minimum Gasteiger partial charge on any atom is -0.310 e. The standard InChI is InChI=1S/C47H43N/c1-47(2)43-24-11-10-22-40(43)41-30-42(39-23-12-18-34-16-6-8-20-37(34)39)46(31-44(41)47)48(45-25-13-19-35-17-7-9-21-38(35)45)36-28-26-33(27-29-36)32-14-4-3-5-15-32/h3-5,10-15,18-19,22-31H,6-9,16-17,20-21H2,1-2H3. The first-order valence-corrected chi connectivity index (χ1v) is 18.0. The van der Waals surface area contributed by atoms with Gasteiger partial charge in [0.25, 0.3) is 0 Å². The Bertz CT molecular complexity index is 2150. The Balaban J connectivity index is 1.34. The van der Waals surface area contributed by atoms with Crippen LogP contribution >= 0.6 is 0 Å². The summed E-state index contributed by atoms with van der Waals surface area (Å²) in [6, 6.07) is 48.4. The summed E-state index contributed by atoms with van der Waals surface area (Å²) >= 11 is 0. The Kier molecular flexibility index (Phi) is 7.12. The van der Waals surface area contributed by atoms with Gasteiger partial charge < -0.3 is 4.90 Å². The van der Waals surface area contributed by atoms with Gasteiger partial charge in [0.2, 0.25) is 0 Å². The molecule has 0 saturated carbocycles. The van der Waals surface area contributed by atoms with Gasteiger partial charge in [-0.3, -0.25) is 0 Å². The summed E-state index contributed by atoms with van der Waals surface area (Å²) in [6.07, 6.45) is 9.68. The molecule has 0 atom stereocenters. The fraction of sp³-hybridized carbons (Fsp3) is 0.234. The number of anilines is 3. The summed E-state index contributed by atoms with van der Waals surface area (Å²) in [5.41, 5.74) is 20.7. The zero-order valence-corrected chi connectivity index (χ0v) is 28.2. The number of rotatable bonds is 5. The van der Waals surface area contributed by atoms with Gasteiger partial charge in [-0.05, 0) is 143 Å². The van der Waals surface area contributed by atoms with E-state index in [0.29, 0.717) is 0 Å². The van der Waals surface area contributed by atoms with Crippen LogP contribution in [0.5, 0.6) is 0 Å². The van der Waals surface area contributed by atoms with E-state index in [-0.39, 0.29) is 5.41 Å². The molecule has 0 aliphatic heterocycles. The Labute approximate surface area is 285 Å². The van der Waals surface area contributed by atoms with Crippen LogP contribution in [0.1, 0.15) is 72.9 Å². The van der Waals surface area contributed by atoms with Crippen molar-refractivity contribution in [3.05, 3.63) is 161 Å². The molecular formula is C47H43N. The van der Waals surface area contributed by atoms with E-state index in [0.717, 1.165) is 19.3 Å². The van der Waals surface area contributed by atoms with Crippen molar-refractivity contribution in [2.24, 2.45) is 0 Å². The lowest BCUT2D eigenvalue weighted by Crippen LogP contribution is -2.19. The van der Waals surface area contributed by atoms with Crippen molar-refractivity contribution in [1.82, 2.24) is 0 Å². The second-order valence-electron chi connectivity index (χ2n) is 14.6. The van der Waals surface area contributed by atoms with Crippen molar-refractivity contribution < 1.29 is 0 Å². The molecule has 1 nitrogen and oxygen atoms in total. The van der Waals surface area contributed by atoms with Crippen LogP contribution in [0.3, 0.4) is 0 Å². The first-order valence-electron chi connectivity index (χ1n) is 18.0. The number of nitrogens with zero attached hydrogens (tertiary/aromatic N) is 1. The van der Waals surface area contributed by atoms with Crippen LogP contribution < -0.4 is 4.90 Å². The molecule has 0 aromatic heterocycles. The minimum atomic E-state index is -0.0890. The van der Waals surface area contributed by atoms with E-state index >= 15 is 0 Å². The molecule has 0 N–H and O–H groups in total. The minimum absolute atomic E-state index is 0.0890. The third kappa shape index (κ3) is 4.74. The van der Waals surface area contributed by atoms with Gasteiger partial charge in [0, 0.05) is 22.4 Å². The fourth-order valence-corrected chi connectivity index (χ4v) is 8.98. The highest BCUT2D eigenvalue weighted by Gasteiger charge is 2.37. The third-order valence-electron chi connectivity index (χ3n) is 11.5. The van der Waals surface area contributed by atoms with Crippen LogP contribution in [-0.4, -0.2) is 0 Å².